The van der Waals surface area contributed by atoms with Crippen LogP contribution in [0.15, 0.2) is 23.8 Å². The van der Waals surface area contributed by atoms with Gasteiger partial charge >= 0.3 is 0 Å². The fourth-order valence-electron chi connectivity index (χ4n) is 3.11. The van der Waals surface area contributed by atoms with Gasteiger partial charge in [-0.05, 0) is 42.2 Å². The molecule has 0 rings (SSSR count). The molecule has 0 amide bonds. The first-order chi connectivity index (χ1) is 12.9. The Kier molecular flexibility index (Phi) is 25.7. The molecular formula is C24H46P2. The van der Waals surface area contributed by atoms with Crippen molar-refractivity contribution in [2.24, 2.45) is 0 Å². The zero-order valence-electron chi connectivity index (χ0n) is 17.9. The molecule has 0 aliphatic heterocycles. The number of rotatable bonds is 21. The largest absolute Gasteiger partial charge is 0.0834 e. The second-order valence-corrected chi connectivity index (χ2v) is 9.97. The van der Waals surface area contributed by atoms with Crippen LogP contribution in [0.1, 0.15) is 129 Å². The maximum Gasteiger partial charge on any atom is -0.0146 e. The lowest BCUT2D eigenvalue weighted by Gasteiger charge is -1.99. The van der Waals surface area contributed by atoms with E-state index in [9.17, 15) is 0 Å². The van der Waals surface area contributed by atoms with E-state index < -0.39 is 0 Å². The maximum atomic E-state index is 2.39. The summed E-state index contributed by atoms with van der Waals surface area (Å²) in [6.45, 7) is 4.58. The van der Waals surface area contributed by atoms with Gasteiger partial charge in [-0.1, -0.05) is 128 Å². The predicted octanol–water partition coefficient (Wildman–Crippen LogP) is 10.9. The smallest absolute Gasteiger partial charge is 0.0146 e. The summed E-state index contributed by atoms with van der Waals surface area (Å²) in [5.41, 5.74) is 0. The van der Waals surface area contributed by atoms with E-state index in [-0.39, 0.29) is 0 Å². The lowest BCUT2D eigenvalue weighted by molar-refractivity contribution is 0.577. The SMILES string of the molecule is CCCCCCCCCCC=C[P][P]C=CCCCCCCCCCC. The minimum atomic E-state index is 1.28. The fraction of sp³-hybridized carbons (Fsp3) is 0.833. The van der Waals surface area contributed by atoms with Crippen LogP contribution in [0.4, 0.5) is 0 Å². The molecule has 2 radical (unpaired) electrons. The molecule has 0 aromatic heterocycles. The minimum absolute atomic E-state index is 1.28. The van der Waals surface area contributed by atoms with Crippen molar-refractivity contribution < 1.29 is 0 Å². The van der Waals surface area contributed by atoms with E-state index >= 15 is 0 Å². The molecule has 0 N–H and O–H groups in total. The Morgan fingerprint density at radius 2 is 0.731 bits per heavy atom. The Balaban J connectivity index is 3.14. The molecule has 0 aromatic rings. The van der Waals surface area contributed by atoms with Crippen LogP contribution in [0.3, 0.4) is 0 Å². The molecule has 0 saturated heterocycles. The van der Waals surface area contributed by atoms with Crippen molar-refractivity contribution in [1.82, 2.24) is 0 Å². The van der Waals surface area contributed by atoms with Gasteiger partial charge in [-0.15, -0.1) is 0 Å². The van der Waals surface area contributed by atoms with Crippen molar-refractivity contribution in [3.63, 3.8) is 0 Å². The Hall–Kier alpha value is 0.340. The van der Waals surface area contributed by atoms with E-state index in [0.29, 0.717) is 0 Å². The standard InChI is InChI=1S/C24H46P2/c1-3-5-7-9-11-13-15-17-19-21-23-25-26-24-22-20-18-16-14-12-10-8-6-4-2/h21-24H,3-20H2,1-2H3. The van der Waals surface area contributed by atoms with Gasteiger partial charge in [-0.25, -0.2) is 0 Å². The first-order valence-corrected chi connectivity index (χ1v) is 14.2. The van der Waals surface area contributed by atoms with Gasteiger partial charge in [-0.3, -0.25) is 0 Å². The van der Waals surface area contributed by atoms with Gasteiger partial charge in [0.05, 0.1) is 0 Å². The molecule has 0 nitrogen and oxygen atoms in total. The maximum absolute atomic E-state index is 2.39. The van der Waals surface area contributed by atoms with Crippen LogP contribution >= 0.6 is 16.5 Å². The van der Waals surface area contributed by atoms with Crippen LogP contribution in [0.2, 0.25) is 0 Å². The molecule has 0 unspecified atom stereocenters. The van der Waals surface area contributed by atoms with Crippen LogP contribution in [-0.2, 0) is 0 Å². The molecule has 0 saturated carbocycles. The third-order valence-electron chi connectivity index (χ3n) is 4.86. The van der Waals surface area contributed by atoms with E-state index in [1.54, 1.807) is 0 Å². The summed E-state index contributed by atoms with van der Waals surface area (Å²) in [6, 6.07) is 0. The highest BCUT2D eigenvalue weighted by molar-refractivity contribution is 8.14. The van der Waals surface area contributed by atoms with Crippen LogP contribution in [0, 0.1) is 0 Å². The van der Waals surface area contributed by atoms with Crippen LogP contribution < -0.4 is 0 Å². The molecule has 0 bridgehead atoms. The van der Waals surface area contributed by atoms with Crippen LogP contribution in [0.5, 0.6) is 0 Å². The highest BCUT2D eigenvalue weighted by Gasteiger charge is 1.91. The van der Waals surface area contributed by atoms with E-state index in [4.69, 9.17) is 0 Å². The molecule has 26 heavy (non-hydrogen) atoms. The van der Waals surface area contributed by atoms with Crippen molar-refractivity contribution >= 4 is 16.5 Å². The van der Waals surface area contributed by atoms with Gasteiger partial charge in [0.15, 0.2) is 0 Å². The Morgan fingerprint density at radius 1 is 0.423 bits per heavy atom. The topological polar surface area (TPSA) is 0 Å². The van der Waals surface area contributed by atoms with Crippen LogP contribution in [0.25, 0.3) is 0 Å². The molecule has 0 atom stereocenters. The Bertz CT molecular complexity index is 267. The molecular weight excluding hydrogens is 350 g/mol. The molecule has 152 valence electrons. The molecule has 0 aliphatic carbocycles. The summed E-state index contributed by atoms with van der Waals surface area (Å²) in [7, 11) is 2.88. The van der Waals surface area contributed by atoms with Crippen molar-refractivity contribution in [1.29, 1.82) is 0 Å². The molecule has 0 heterocycles. The highest BCUT2D eigenvalue weighted by atomic mass is 32.0. The average Bonchev–Trinajstić information content (AvgIpc) is 2.66. The summed E-state index contributed by atoms with van der Waals surface area (Å²) in [5.74, 6) is 4.70. The summed E-state index contributed by atoms with van der Waals surface area (Å²) in [4.78, 5) is 0. The van der Waals surface area contributed by atoms with Gasteiger partial charge in [-0.2, -0.15) is 0 Å². The quantitative estimate of drug-likeness (QED) is 0.134. The zero-order chi connectivity index (χ0) is 19.0. The first-order valence-electron chi connectivity index (χ1n) is 11.6. The summed E-state index contributed by atoms with van der Waals surface area (Å²) in [6.07, 6.45) is 30.1. The van der Waals surface area contributed by atoms with Gasteiger partial charge in [0.25, 0.3) is 0 Å². The monoisotopic (exact) mass is 396 g/mol. The summed E-state index contributed by atoms with van der Waals surface area (Å²) < 4.78 is 0. The lowest BCUT2D eigenvalue weighted by atomic mass is 10.1. The molecule has 0 spiro atoms. The van der Waals surface area contributed by atoms with E-state index in [2.05, 4.69) is 37.6 Å². The van der Waals surface area contributed by atoms with Gasteiger partial charge in [0, 0.05) is 0 Å². The Labute approximate surface area is 169 Å². The Morgan fingerprint density at radius 3 is 1.08 bits per heavy atom. The molecule has 0 aliphatic rings. The third kappa shape index (κ3) is 24.3. The minimum Gasteiger partial charge on any atom is -0.0834 e. The summed E-state index contributed by atoms with van der Waals surface area (Å²) in [5, 5.41) is 0. The van der Waals surface area contributed by atoms with Crippen molar-refractivity contribution in [2.75, 3.05) is 0 Å². The van der Waals surface area contributed by atoms with E-state index in [0.717, 1.165) is 0 Å². The van der Waals surface area contributed by atoms with E-state index in [1.165, 1.54) is 132 Å². The number of hydrogen-bond donors (Lipinski definition) is 0. The average molecular weight is 397 g/mol. The third-order valence-corrected chi connectivity index (χ3v) is 6.88. The lowest BCUT2D eigenvalue weighted by Crippen LogP contribution is -1.79. The molecule has 2 heteroatoms. The second kappa shape index (κ2) is 25.3. The highest BCUT2D eigenvalue weighted by Crippen LogP contribution is 2.39. The number of allylic oxidation sites excluding steroid dienone is 2. The number of unbranched alkanes of at least 4 members (excludes halogenated alkanes) is 16. The summed E-state index contributed by atoms with van der Waals surface area (Å²) >= 11 is 0. The fourth-order valence-corrected chi connectivity index (χ4v) is 4.78. The van der Waals surface area contributed by atoms with Gasteiger partial charge in [0.2, 0.25) is 0 Å². The second-order valence-electron chi connectivity index (χ2n) is 7.53. The molecule has 0 fully saturated rings. The van der Waals surface area contributed by atoms with Gasteiger partial charge < -0.3 is 0 Å². The van der Waals surface area contributed by atoms with Crippen LogP contribution in [-0.4, -0.2) is 0 Å². The predicted molar refractivity (Wildman–Crippen MR) is 127 cm³/mol. The first kappa shape index (κ1) is 26.3. The normalized spacial score (nSPS) is 12.8. The van der Waals surface area contributed by atoms with Crippen molar-refractivity contribution in [3.8, 4) is 0 Å². The zero-order valence-corrected chi connectivity index (χ0v) is 19.7. The number of hydrogen-bond acceptors (Lipinski definition) is 0. The van der Waals surface area contributed by atoms with Crippen molar-refractivity contribution in [2.45, 2.75) is 129 Å². The van der Waals surface area contributed by atoms with Gasteiger partial charge in [0.1, 0.15) is 0 Å². The molecule has 0 aromatic carbocycles. The van der Waals surface area contributed by atoms with Crippen molar-refractivity contribution in [3.05, 3.63) is 23.8 Å². The van der Waals surface area contributed by atoms with E-state index in [1.807, 2.05) is 0 Å².